The van der Waals surface area contributed by atoms with Gasteiger partial charge in [0, 0.05) is 49.1 Å². The van der Waals surface area contributed by atoms with Crippen LogP contribution in [0.3, 0.4) is 0 Å². The standard InChI is InChI=1S/C18H20BrN7/c1-13-9-15(19)11-20-18(13)25-7-5-24(6-8-25)16-10-17(22-12-21-16)26-4-3-14(2)23-26/h3-4,9-12H,5-8H2,1-2H3. The van der Waals surface area contributed by atoms with E-state index in [1.54, 1.807) is 11.0 Å². The van der Waals surface area contributed by atoms with Crippen LogP contribution in [0.5, 0.6) is 0 Å². The third-order valence-electron chi connectivity index (χ3n) is 4.52. The third kappa shape index (κ3) is 3.41. The summed E-state index contributed by atoms with van der Waals surface area (Å²) in [5.41, 5.74) is 2.15. The lowest BCUT2D eigenvalue weighted by Gasteiger charge is -2.36. The van der Waals surface area contributed by atoms with Crippen molar-refractivity contribution in [2.45, 2.75) is 13.8 Å². The molecule has 26 heavy (non-hydrogen) atoms. The van der Waals surface area contributed by atoms with Crippen LogP contribution >= 0.6 is 15.9 Å². The summed E-state index contributed by atoms with van der Waals surface area (Å²) < 4.78 is 2.80. The van der Waals surface area contributed by atoms with E-state index in [0.717, 1.165) is 53.8 Å². The molecule has 0 unspecified atom stereocenters. The molecule has 0 atom stereocenters. The van der Waals surface area contributed by atoms with Crippen LogP contribution in [0.15, 0.2) is 41.4 Å². The van der Waals surface area contributed by atoms with Crippen molar-refractivity contribution in [3.8, 4) is 5.82 Å². The largest absolute Gasteiger partial charge is 0.353 e. The Morgan fingerprint density at radius 2 is 1.65 bits per heavy atom. The molecule has 4 rings (SSSR count). The van der Waals surface area contributed by atoms with E-state index >= 15 is 0 Å². The van der Waals surface area contributed by atoms with Crippen molar-refractivity contribution in [3.63, 3.8) is 0 Å². The molecule has 0 N–H and O–H groups in total. The molecular formula is C18H20BrN7. The average Bonchev–Trinajstić information content (AvgIpc) is 3.09. The molecular weight excluding hydrogens is 394 g/mol. The minimum Gasteiger partial charge on any atom is -0.353 e. The first-order valence-electron chi connectivity index (χ1n) is 8.57. The Hall–Kier alpha value is -2.48. The molecule has 0 bridgehead atoms. The molecule has 1 fully saturated rings. The summed E-state index contributed by atoms with van der Waals surface area (Å²) in [5, 5.41) is 4.42. The van der Waals surface area contributed by atoms with E-state index in [-0.39, 0.29) is 0 Å². The molecule has 7 nitrogen and oxygen atoms in total. The van der Waals surface area contributed by atoms with Crippen molar-refractivity contribution >= 4 is 27.6 Å². The average molecular weight is 414 g/mol. The Labute approximate surface area is 160 Å². The number of aromatic nitrogens is 5. The molecule has 1 saturated heterocycles. The normalized spacial score (nSPS) is 14.7. The minimum atomic E-state index is 0.788. The van der Waals surface area contributed by atoms with Crippen molar-refractivity contribution in [3.05, 3.63) is 52.7 Å². The van der Waals surface area contributed by atoms with Gasteiger partial charge in [0.2, 0.25) is 0 Å². The molecule has 0 radical (unpaired) electrons. The smallest absolute Gasteiger partial charge is 0.158 e. The van der Waals surface area contributed by atoms with Gasteiger partial charge in [-0.3, -0.25) is 0 Å². The number of rotatable bonds is 3. The lowest BCUT2D eigenvalue weighted by atomic mass is 10.2. The van der Waals surface area contributed by atoms with Crippen LogP contribution in [0.25, 0.3) is 5.82 Å². The van der Waals surface area contributed by atoms with Gasteiger partial charge in [-0.25, -0.2) is 19.6 Å². The Morgan fingerprint density at radius 1 is 0.923 bits per heavy atom. The van der Waals surface area contributed by atoms with Crippen LogP contribution in [0.4, 0.5) is 11.6 Å². The van der Waals surface area contributed by atoms with E-state index in [4.69, 9.17) is 0 Å². The highest BCUT2D eigenvalue weighted by molar-refractivity contribution is 9.10. The van der Waals surface area contributed by atoms with E-state index < -0.39 is 0 Å². The Morgan fingerprint density at radius 3 is 2.35 bits per heavy atom. The van der Waals surface area contributed by atoms with Crippen LogP contribution < -0.4 is 9.80 Å². The monoisotopic (exact) mass is 413 g/mol. The zero-order valence-electron chi connectivity index (χ0n) is 14.8. The van der Waals surface area contributed by atoms with Crippen molar-refractivity contribution in [1.29, 1.82) is 0 Å². The summed E-state index contributed by atoms with van der Waals surface area (Å²) in [5.74, 6) is 2.78. The molecule has 3 aromatic heterocycles. The number of aryl methyl sites for hydroxylation is 2. The van der Waals surface area contributed by atoms with Crippen LogP contribution in [0.2, 0.25) is 0 Å². The number of anilines is 2. The van der Waals surface area contributed by atoms with Crippen LogP contribution in [0, 0.1) is 13.8 Å². The molecule has 1 aliphatic heterocycles. The molecule has 134 valence electrons. The quantitative estimate of drug-likeness (QED) is 0.657. The van der Waals surface area contributed by atoms with Crippen molar-refractivity contribution in [2.24, 2.45) is 0 Å². The summed E-state index contributed by atoms with van der Waals surface area (Å²) >= 11 is 3.48. The van der Waals surface area contributed by atoms with E-state index in [2.05, 4.69) is 58.8 Å². The van der Waals surface area contributed by atoms with Gasteiger partial charge in [0.05, 0.1) is 5.69 Å². The molecule has 4 heterocycles. The van der Waals surface area contributed by atoms with Gasteiger partial charge in [-0.2, -0.15) is 5.10 Å². The van der Waals surface area contributed by atoms with Gasteiger partial charge in [0.25, 0.3) is 0 Å². The van der Waals surface area contributed by atoms with E-state index in [1.807, 2.05) is 31.5 Å². The molecule has 8 heteroatoms. The molecule has 0 amide bonds. The highest BCUT2D eigenvalue weighted by Gasteiger charge is 2.21. The second-order valence-corrected chi connectivity index (χ2v) is 7.32. The molecule has 0 spiro atoms. The van der Waals surface area contributed by atoms with Gasteiger partial charge in [-0.15, -0.1) is 0 Å². The van der Waals surface area contributed by atoms with Crippen LogP contribution in [0.1, 0.15) is 11.3 Å². The first-order valence-corrected chi connectivity index (χ1v) is 9.36. The Kier molecular flexibility index (Phi) is 4.58. The second-order valence-electron chi connectivity index (χ2n) is 6.40. The number of hydrogen-bond acceptors (Lipinski definition) is 6. The highest BCUT2D eigenvalue weighted by Crippen LogP contribution is 2.23. The van der Waals surface area contributed by atoms with Gasteiger partial charge >= 0.3 is 0 Å². The summed E-state index contributed by atoms with van der Waals surface area (Å²) in [6.07, 6.45) is 5.38. The Balaban J connectivity index is 1.48. The first kappa shape index (κ1) is 17.0. The number of pyridine rings is 1. The van der Waals surface area contributed by atoms with E-state index in [9.17, 15) is 0 Å². The van der Waals surface area contributed by atoms with Crippen molar-refractivity contribution < 1.29 is 0 Å². The first-order chi connectivity index (χ1) is 12.6. The molecule has 0 saturated carbocycles. The predicted molar refractivity (Wildman–Crippen MR) is 105 cm³/mol. The fourth-order valence-corrected chi connectivity index (χ4v) is 3.64. The van der Waals surface area contributed by atoms with Crippen LogP contribution in [-0.2, 0) is 0 Å². The highest BCUT2D eigenvalue weighted by atomic mass is 79.9. The molecule has 0 aliphatic carbocycles. The lowest BCUT2D eigenvalue weighted by molar-refractivity contribution is 0.638. The van der Waals surface area contributed by atoms with Gasteiger partial charge in [0.15, 0.2) is 5.82 Å². The fourth-order valence-electron chi connectivity index (χ4n) is 3.19. The lowest BCUT2D eigenvalue weighted by Crippen LogP contribution is -2.47. The van der Waals surface area contributed by atoms with E-state index in [1.165, 1.54) is 5.56 Å². The fraction of sp³-hybridized carbons (Fsp3) is 0.333. The van der Waals surface area contributed by atoms with Gasteiger partial charge in [-0.1, -0.05) is 0 Å². The number of halogens is 1. The summed E-state index contributed by atoms with van der Waals surface area (Å²) in [6.45, 7) is 7.68. The van der Waals surface area contributed by atoms with Gasteiger partial charge in [-0.05, 0) is 47.5 Å². The number of nitrogens with zero attached hydrogens (tertiary/aromatic N) is 7. The zero-order chi connectivity index (χ0) is 18.1. The van der Waals surface area contributed by atoms with Crippen molar-refractivity contribution in [2.75, 3.05) is 36.0 Å². The maximum Gasteiger partial charge on any atom is 0.158 e. The molecule has 0 aromatic carbocycles. The number of piperazine rings is 1. The van der Waals surface area contributed by atoms with Gasteiger partial charge in [0.1, 0.15) is 18.0 Å². The minimum absolute atomic E-state index is 0.788. The predicted octanol–water partition coefficient (Wildman–Crippen LogP) is 2.76. The summed E-state index contributed by atoms with van der Waals surface area (Å²) in [4.78, 5) is 18.0. The third-order valence-corrected chi connectivity index (χ3v) is 4.95. The SMILES string of the molecule is Cc1ccn(-c2cc(N3CCN(c4ncc(Br)cc4C)CC3)ncn2)n1. The number of hydrogen-bond donors (Lipinski definition) is 0. The molecule has 3 aromatic rings. The zero-order valence-corrected chi connectivity index (χ0v) is 16.4. The van der Waals surface area contributed by atoms with Gasteiger partial charge < -0.3 is 9.80 Å². The maximum atomic E-state index is 4.58. The van der Waals surface area contributed by atoms with E-state index in [0.29, 0.717) is 0 Å². The molecule has 1 aliphatic rings. The topological polar surface area (TPSA) is 63.0 Å². The van der Waals surface area contributed by atoms with Crippen molar-refractivity contribution in [1.82, 2.24) is 24.7 Å². The Bertz CT molecular complexity index is 915. The summed E-state index contributed by atoms with van der Waals surface area (Å²) in [6, 6.07) is 6.07. The second kappa shape index (κ2) is 7.03. The van der Waals surface area contributed by atoms with Crippen LogP contribution in [-0.4, -0.2) is 50.9 Å². The maximum absolute atomic E-state index is 4.58. The summed E-state index contributed by atoms with van der Waals surface area (Å²) in [7, 11) is 0.